The monoisotopic (exact) mass is 314 g/mol. The van der Waals surface area contributed by atoms with Crippen LogP contribution in [0, 0.1) is 0 Å². The first-order valence-corrected chi connectivity index (χ1v) is 7.78. The molecule has 1 aromatic carbocycles. The number of hydrazine groups is 1. The average Bonchev–Trinajstić information content (AvgIpc) is 3.05. The molecule has 0 saturated heterocycles. The molecule has 1 fully saturated rings. The van der Waals surface area contributed by atoms with Gasteiger partial charge in [0.25, 0.3) is 0 Å². The Bertz CT molecular complexity index is 657. The highest BCUT2D eigenvalue weighted by atomic mass is 16.3. The highest BCUT2D eigenvalue weighted by molar-refractivity contribution is 5.73. The fourth-order valence-corrected chi connectivity index (χ4v) is 3.00. The second-order valence-corrected chi connectivity index (χ2v) is 5.87. The minimum Gasteiger partial charge on any atom is -0.394 e. The van der Waals surface area contributed by atoms with Gasteiger partial charge in [-0.05, 0) is 25.0 Å². The zero-order valence-electron chi connectivity index (χ0n) is 12.9. The van der Waals surface area contributed by atoms with E-state index in [2.05, 4.69) is 26.0 Å². The van der Waals surface area contributed by atoms with Gasteiger partial charge in [0, 0.05) is 6.07 Å². The highest BCUT2D eigenvalue weighted by Gasteiger charge is 2.33. The maximum atomic E-state index is 9.71. The molecule has 0 amide bonds. The van der Waals surface area contributed by atoms with Crippen molar-refractivity contribution in [3.63, 3.8) is 0 Å². The summed E-state index contributed by atoms with van der Waals surface area (Å²) < 4.78 is 0. The summed E-state index contributed by atoms with van der Waals surface area (Å²) in [7, 11) is 0. The van der Waals surface area contributed by atoms with Crippen LogP contribution in [-0.2, 0) is 0 Å². The lowest BCUT2D eigenvalue weighted by atomic mass is 9.99. The molecular formula is C16H22N6O. The molecule has 0 aliphatic heterocycles. The molecule has 1 aliphatic carbocycles. The summed E-state index contributed by atoms with van der Waals surface area (Å²) in [6.07, 6.45) is 5.66. The van der Waals surface area contributed by atoms with Gasteiger partial charge in [0.1, 0.15) is 18.0 Å². The molecule has 7 nitrogen and oxygen atoms in total. The van der Waals surface area contributed by atoms with E-state index < -0.39 is 0 Å². The first-order chi connectivity index (χ1) is 11.2. The molecule has 0 spiro atoms. The molecule has 0 radical (unpaired) electrons. The Hall–Kier alpha value is -2.38. The third kappa shape index (κ3) is 3.52. The smallest absolute Gasteiger partial charge is 0.135 e. The van der Waals surface area contributed by atoms with Gasteiger partial charge >= 0.3 is 0 Å². The van der Waals surface area contributed by atoms with E-state index in [1.54, 1.807) is 0 Å². The molecular weight excluding hydrogens is 292 g/mol. The predicted octanol–water partition coefficient (Wildman–Crippen LogP) is 2.22. The molecule has 122 valence electrons. The standard InChI is InChI=1S/C16H22N6O/c17-22-13-6-2-1-5-12(13)20-14-9-15(19-11-18-14)21-16(10-23)7-3-4-8-16/h1-2,5-6,9,11,22-23H,3-4,7-8,10,17H2,(H2,18,19,20,21). The number of nitrogens with zero attached hydrogens (tertiary/aromatic N) is 2. The minimum atomic E-state index is -0.262. The van der Waals surface area contributed by atoms with Crippen LogP contribution in [0.4, 0.5) is 23.0 Å². The Kier molecular flexibility index (Phi) is 4.59. The van der Waals surface area contributed by atoms with Crippen LogP contribution in [0.2, 0.25) is 0 Å². The first-order valence-electron chi connectivity index (χ1n) is 7.78. The zero-order valence-corrected chi connectivity index (χ0v) is 12.9. The van der Waals surface area contributed by atoms with Gasteiger partial charge in [-0.3, -0.25) is 5.84 Å². The van der Waals surface area contributed by atoms with E-state index in [4.69, 9.17) is 5.84 Å². The number of benzene rings is 1. The maximum Gasteiger partial charge on any atom is 0.135 e. The van der Waals surface area contributed by atoms with Crippen LogP contribution in [0.15, 0.2) is 36.7 Å². The van der Waals surface area contributed by atoms with Gasteiger partial charge in [-0.15, -0.1) is 0 Å². The number of para-hydroxylation sites is 2. The third-order valence-corrected chi connectivity index (χ3v) is 4.27. The number of rotatable bonds is 6. The first kappa shape index (κ1) is 15.5. The van der Waals surface area contributed by atoms with E-state index in [1.807, 2.05) is 30.3 Å². The van der Waals surface area contributed by atoms with Crippen molar-refractivity contribution < 1.29 is 5.11 Å². The number of nitrogens with two attached hydrogens (primary N) is 1. The molecule has 1 saturated carbocycles. The Morgan fingerprint density at radius 3 is 2.48 bits per heavy atom. The lowest BCUT2D eigenvalue weighted by Crippen LogP contribution is -2.39. The highest BCUT2D eigenvalue weighted by Crippen LogP contribution is 2.32. The van der Waals surface area contributed by atoms with E-state index in [9.17, 15) is 5.11 Å². The molecule has 23 heavy (non-hydrogen) atoms. The van der Waals surface area contributed by atoms with Crippen LogP contribution in [0.25, 0.3) is 0 Å². The van der Waals surface area contributed by atoms with Gasteiger partial charge in [-0.2, -0.15) is 0 Å². The quantitative estimate of drug-likeness (QED) is 0.411. The summed E-state index contributed by atoms with van der Waals surface area (Å²) in [5, 5.41) is 16.3. The molecule has 1 aromatic heterocycles. The van der Waals surface area contributed by atoms with E-state index in [1.165, 1.54) is 6.33 Å². The largest absolute Gasteiger partial charge is 0.394 e. The second kappa shape index (κ2) is 6.80. The van der Waals surface area contributed by atoms with Gasteiger partial charge in [0.15, 0.2) is 0 Å². The number of nitrogen functional groups attached to an aromatic ring is 1. The van der Waals surface area contributed by atoms with Crippen LogP contribution < -0.4 is 21.9 Å². The third-order valence-electron chi connectivity index (χ3n) is 4.27. The van der Waals surface area contributed by atoms with E-state index in [-0.39, 0.29) is 12.1 Å². The number of aliphatic hydroxyl groups excluding tert-OH is 1. The van der Waals surface area contributed by atoms with Crippen LogP contribution >= 0.6 is 0 Å². The number of hydrogen-bond donors (Lipinski definition) is 5. The van der Waals surface area contributed by atoms with Crippen molar-refractivity contribution in [3.8, 4) is 0 Å². The zero-order chi connectivity index (χ0) is 16.1. The molecule has 6 N–H and O–H groups in total. The van der Waals surface area contributed by atoms with Crippen LogP contribution in [-0.4, -0.2) is 27.2 Å². The number of aliphatic hydroxyl groups is 1. The Balaban J connectivity index is 1.77. The second-order valence-electron chi connectivity index (χ2n) is 5.87. The fourth-order valence-electron chi connectivity index (χ4n) is 3.00. The average molecular weight is 314 g/mol. The number of aromatic nitrogens is 2. The van der Waals surface area contributed by atoms with Crippen molar-refractivity contribution in [1.82, 2.24) is 9.97 Å². The molecule has 0 bridgehead atoms. The number of hydrogen-bond acceptors (Lipinski definition) is 7. The van der Waals surface area contributed by atoms with E-state index in [0.717, 1.165) is 37.1 Å². The molecule has 0 atom stereocenters. The Labute approximate surface area is 135 Å². The topological polar surface area (TPSA) is 108 Å². The van der Waals surface area contributed by atoms with Crippen molar-refractivity contribution in [3.05, 3.63) is 36.7 Å². The van der Waals surface area contributed by atoms with Gasteiger partial charge in [-0.25, -0.2) is 9.97 Å². The van der Waals surface area contributed by atoms with Gasteiger partial charge in [-0.1, -0.05) is 25.0 Å². The fraction of sp³-hybridized carbons (Fsp3) is 0.375. The SMILES string of the molecule is NNc1ccccc1Nc1cc(NC2(CO)CCCC2)ncn1. The van der Waals surface area contributed by atoms with Crippen molar-refractivity contribution in [2.45, 2.75) is 31.2 Å². The van der Waals surface area contributed by atoms with Crippen LogP contribution in [0.1, 0.15) is 25.7 Å². The summed E-state index contributed by atoms with van der Waals surface area (Å²) in [6.45, 7) is 0.111. The van der Waals surface area contributed by atoms with Crippen molar-refractivity contribution in [1.29, 1.82) is 0 Å². The van der Waals surface area contributed by atoms with Crippen molar-refractivity contribution in [2.75, 3.05) is 22.7 Å². The van der Waals surface area contributed by atoms with E-state index >= 15 is 0 Å². The van der Waals surface area contributed by atoms with Crippen molar-refractivity contribution >= 4 is 23.0 Å². The van der Waals surface area contributed by atoms with Gasteiger partial charge < -0.3 is 21.2 Å². The number of nitrogens with one attached hydrogen (secondary N) is 3. The summed E-state index contributed by atoms with van der Waals surface area (Å²) in [5.41, 5.74) is 4.00. The normalized spacial score (nSPS) is 16.1. The van der Waals surface area contributed by atoms with E-state index in [0.29, 0.717) is 11.6 Å². The van der Waals surface area contributed by atoms with Crippen LogP contribution in [0.3, 0.4) is 0 Å². The molecule has 1 heterocycles. The summed E-state index contributed by atoms with van der Waals surface area (Å²) >= 11 is 0. The lowest BCUT2D eigenvalue weighted by molar-refractivity contribution is 0.214. The molecule has 0 unspecified atom stereocenters. The summed E-state index contributed by atoms with van der Waals surface area (Å²) in [5.74, 6) is 6.88. The van der Waals surface area contributed by atoms with Crippen LogP contribution in [0.5, 0.6) is 0 Å². The molecule has 3 rings (SSSR count). The molecule has 2 aromatic rings. The van der Waals surface area contributed by atoms with Gasteiger partial charge in [0.05, 0.1) is 23.5 Å². The summed E-state index contributed by atoms with van der Waals surface area (Å²) in [6, 6.07) is 9.45. The predicted molar refractivity (Wildman–Crippen MR) is 91.5 cm³/mol. The Morgan fingerprint density at radius 2 is 1.78 bits per heavy atom. The van der Waals surface area contributed by atoms with Crippen molar-refractivity contribution in [2.24, 2.45) is 5.84 Å². The lowest BCUT2D eigenvalue weighted by Gasteiger charge is -2.28. The summed E-state index contributed by atoms with van der Waals surface area (Å²) in [4.78, 5) is 8.51. The molecule has 7 heteroatoms. The number of anilines is 4. The molecule has 1 aliphatic rings. The maximum absolute atomic E-state index is 9.71. The van der Waals surface area contributed by atoms with Gasteiger partial charge in [0.2, 0.25) is 0 Å². The minimum absolute atomic E-state index is 0.111. The Morgan fingerprint density at radius 1 is 1.09 bits per heavy atom.